The van der Waals surface area contributed by atoms with Crippen LogP contribution < -0.4 is 0 Å². The van der Waals surface area contributed by atoms with Gasteiger partial charge in [0, 0.05) is 39.7 Å². The molecule has 0 saturated carbocycles. The second kappa shape index (κ2) is 9.12. The molecular weight excluding hydrogens is 408 g/mol. The van der Waals surface area contributed by atoms with E-state index in [-0.39, 0.29) is 0 Å². The Labute approximate surface area is 174 Å². The van der Waals surface area contributed by atoms with Crippen LogP contribution in [0.25, 0.3) is 0 Å². The van der Waals surface area contributed by atoms with Crippen LogP contribution in [0.4, 0.5) is 0 Å². The first-order valence-corrected chi connectivity index (χ1v) is 9.66. The first-order chi connectivity index (χ1) is 12.5. The smallest absolute Gasteiger partial charge is 0.0465 e. The summed E-state index contributed by atoms with van der Waals surface area (Å²) in [5, 5.41) is 2.79. The lowest BCUT2D eigenvalue weighted by atomic mass is 10.1. The predicted octanol–water partition coefficient (Wildman–Crippen LogP) is 7.50. The van der Waals surface area contributed by atoms with Crippen LogP contribution in [0.5, 0.6) is 0 Å². The SMILES string of the molecule is Clc1ccc(CN(Cc2ccc(Cl)cc2)Cc2ccc(Cl)cc2Cl)cc1. The van der Waals surface area contributed by atoms with Crippen molar-refractivity contribution >= 4 is 46.4 Å². The lowest BCUT2D eigenvalue weighted by molar-refractivity contribution is 0.248. The molecule has 26 heavy (non-hydrogen) atoms. The maximum absolute atomic E-state index is 6.38. The lowest BCUT2D eigenvalue weighted by Crippen LogP contribution is -2.22. The van der Waals surface area contributed by atoms with E-state index in [4.69, 9.17) is 46.4 Å². The van der Waals surface area contributed by atoms with Crippen LogP contribution in [0.1, 0.15) is 16.7 Å². The third kappa shape index (κ3) is 5.64. The fraction of sp³-hybridized carbons (Fsp3) is 0.143. The van der Waals surface area contributed by atoms with Gasteiger partial charge >= 0.3 is 0 Å². The van der Waals surface area contributed by atoms with Crippen molar-refractivity contribution in [2.24, 2.45) is 0 Å². The second-order valence-electron chi connectivity index (χ2n) is 6.13. The van der Waals surface area contributed by atoms with Crippen molar-refractivity contribution in [3.8, 4) is 0 Å². The van der Waals surface area contributed by atoms with Crippen molar-refractivity contribution < 1.29 is 0 Å². The van der Waals surface area contributed by atoms with Gasteiger partial charge in [-0.05, 0) is 53.1 Å². The van der Waals surface area contributed by atoms with Crippen molar-refractivity contribution in [1.29, 1.82) is 0 Å². The largest absolute Gasteiger partial charge is 0.291 e. The summed E-state index contributed by atoms with van der Waals surface area (Å²) in [5.74, 6) is 0. The zero-order chi connectivity index (χ0) is 18.5. The summed E-state index contributed by atoms with van der Waals surface area (Å²) in [5.41, 5.74) is 3.42. The molecule has 0 N–H and O–H groups in total. The van der Waals surface area contributed by atoms with Crippen molar-refractivity contribution in [3.63, 3.8) is 0 Å². The van der Waals surface area contributed by atoms with E-state index in [0.29, 0.717) is 16.6 Å². The Morgan fingerprint density at radius 2 is 1.00 bits per heavy atom. The van der Waals surface area contributed by atoms with E-state index in [1.54, 1.807) is 6.07 Å². The Morgan fingerprint density at radius 3 is 1.46 bits per heavy atom. The zero-order valence-corrected chi connectivity index (χ0v) is 17.0. The summed E-state index contributed by atoms with van der Waals surface area (Å²) in [7, 11) is 0. The summed E-state index contributed by atoms with van der Waals surface area (Å²) in [6, 6.07) is 21.4. The number of benzene rings is 3. The minimum absolute atomic E-state index is 0.640. The molecule has 0 aliphatic heterocycles. The molecule has 0 unspecified atom stereocenters. The number of halogens is 4. The molecule has 5 heteroatoms. The quantitative estimate of drug-likeness (QED) is 0.395. The Balaban J connectivity index is 1.82. The maximum Gasteiger partial charge on any atom is 0.0465 e. The normalized spacial score (nSPS) is 11.1. The van der Waals surface area contributed by atoms with Crippen molar-refractivity contribution in [3.05, 3.63) is 104 Å². The fourth-order valence-corrected chi connectivity index (χ4v) is 3.47. The van der Waals surface area contributed by atoms with E-state index in [1.807, 2.05) is 60.7 Å². The number of hydrogen-bond acceptors (Lipinski definition) is 1. The summed E-state index contributed by atoms with van der Waals surface area (Å²) in [6.45, 7) is 2.26. The molecule has 3 rings (SSSR count). The van der Waals surface area contributed by atoms with Gasteiger partial charge < -0.3 is 0 Å². The molecule has 0 fully saturated rings. The van der Waals surface area contributed by atoms with E-state index in [9.17, 15) is 0 Å². The highest BCUT2D eigenvalue weighted by Gasteiger charge is 2.11. The third-order valence-corrected chi connectivity index (χ3v) is 5.14. The van der Waals surface area contributed by atoms with E-state index < -0.39 is 0 Å². The van der Waals surface area contributed by atoms with Gasteiger partial charge in [-0.25, -0.2) is 0 Å². The molecule has 3 aromatic rings. The molecule has 0 aliphatic rings. The molecule has 1 nitrogen and oxygen atoms in total. The van der Waals surface area contributed by atoms with Gasteiger partial charge in [0.2, 0.25) is 0 Å². The van der Waals surface area contributed by atoms with Crippen LogP contribution in [-0.4, -0.2) is 4.90 Å². The summed E-state index contributed by atoms with van der Waals surface area (Å²) in [6.07, 6.45) is 0. The maximum atomic E-state index is 6.38. The Morgan fingerprint density at radius 1 is 0.538 bits per heavy atom. The molecule has 0 atom stereocenters. The molecular formula is C21H17Cl4N. The Kier molecular flexibility index (Phi) is 6.86. The molecule has 0 spiro atoms. The fourth-order valence-electron chi connectivity index (χ4n) is 2.75. The van der Waals surface area contributed by atoms with Gasteiger partial charge in [0.25, 0.3) is 0 Å². The van der Waals surface area contributed by atoms with Crippen molar-refractivity contribution in [2.45, 2.75) is 19.6 Å². The molecule has 0 aromatic heterocycles. The highest BCUT2D eigenvalue weighted by Crippen LogP contribution is 2.24. The molecule has 0 radical (unpaired) electrons. The van der Waals surface area contributed by atoms with Gasteiger partial charge in [-0.15, -0.1) is 0 Å². The molecule has 134 valence electrons. The van der Waals surface area contributed by atoms with Crippen LogP contribution >= 0.6 is 46.4 Å². The highest BCUT2D eigenvalue weighted by atomic mass is 35.5. The summed E-state index contributed by atoms with van der Waals surface area (Å²) < 4.78 is 0. The van der Waals surface area contributed by atoms with Crippen LogP contribution in [-0.2, 0) is 19.6 Å². The van der Waals surface area contributed by atoms with Crippen molar-refractivity contribution in [2.75, 3.05) is 0 Å². The zero-order valence-electron chi connectivity index (χ0n) is 13.9. The minimum Gasteiger partial charge on any atom is -0.291 e. The molecule has 0 bridgehead atoms. The third-order valence-electron chi connectivity index (χ3n) is 4.05. The monoisotopic (exact) mass is 423 g/mol. The van der Waals surface area contributed by atoms with Crippen LogP contribution in [0.2, 0.25) is 20.1 Å². The first-order valence-electron chi connectivity index (χ1n) is 8.15. The molecule has 0 heterocycles. The van der Waals surface area contributed by atoms with Gasteiger partial charge in [-0.2, -0.15) is 0 Å². The average molecular weight is 425 g/mol. The first kappa shape index (κ1) is 19.5. The molecule has 3 aromatic carbocycles. The molecule has 0 amide bonds. The van der Waals surface area contributed by atoms with E-state index in [2.05, 4.69) is 4.90 Å². The predicted molar refractivity (Wildman–Crippen MR) is 112 cm³/mol. The number of nitrogens with zero attached hydrogens (tertiary/aromatic N) is 1. The highest BCUT2D eigenvalue weighted by molar-refractivity contribution is 6.35. The summed E-state index contributed by atoms with van der Waals surface area (Å²) in [4.78, 5) is 2.32. The van der Waals surface area contributed by atoms with Crippen molar-refractivity contribution in [1.82, 2.24) is 4.90 Å². The minimum atomic E-state index is 0.640. The summed E-state index contributed by atoms with van der Waals surface area (Å²) >= 11 is 24.4. The van der Waals surface area contributed by atoms with E-state index >= 15 is 0 Å². The van der Waals surface area contributed by atoms with Crippen LogP contribution in [0.3, 0.4) is 0 Å². The molecule has 0 aliphatic carbocycles. The number of hydrogen-bond donors (Lipinski definition) is 0. The van der Waals surface area contributed by atoms with E-state index in [1.165, 1.54) is 11.1 Å². The standard InChI is InChI=1S/C21H17Cl4N/c22-18-6-1-15(2-7-18)12-26(13-16-3-8-19(23)9-4-16)14-17-5-10-20(24)11-21(17)25/h1-11H,12-14H2. The molecule has 0 saturated heterocycles. The van der Waals surface area contributed by atoms with Gasteiger partial charge in [0.15, 0.2) is 0 Å². The second-order valence-corrected chi connectivity index (χ2v) is 7.85. The average Bonchev–Trinajstić information content (AvgIpc) is 2.61. The van der Waals surface area contributed by atoms with Gasteiger partial charge in [0.1, 0.15) is 0 Å². The van der Waals surface area contributed by atoms with Crippen LogP contribution in [0, 0.1) is 0 Å². The van der Waals surface area contributed by atoms with Crippen LogP contribution in [0.15, 0.2) is 66.7 Å². The Bertz CT molecular complexity index is 813. The van der Waals surface area contributed by atoms with Gasteiger partial charge in [-0.3, -0.25) is 4.90 Å². The Hall–Kier alpha value is -1.22. The topological polar surface area (TPSA) is 3.24 Å². The van der Waals surface area contributed by atoms with Gasteiger partial charge in [-0.1, -0.05) is 76.7 Å². The van der Waals surface area contributed by atoms with E-state index in [0.717, 1.165) is 28.7 Å². The van der Waals surface area contributed by atoms with Gasteiger partial charge in [0.05, 0.1) is 0 Å². The number of rotatable bonds is 6. The lowest BCUT2D eigenvalue weighted by Gasteiger charge is -2.23.